The lowest BCUT2D eigenvalue weighted by molar-refractivity contribution is 0.591. The van der Waals surface area contributed by atoms with E-state index in [1.54, 1.807) is 25.4 Å². The molecular formula is C12H11F2N3. The van der Waals surface area contributed by atoms with Crippen molar-refractivity contribution in [2.75, 3.05) is 17.7 Å². The smallest absolute Gasteiger partial charge is 0.149 e. The van der Waals surface area contributed by atoms with Crippen LogP contribution in [-0.4, -0.2) is 12.0 Å². The number of halogens is 2. The molecule has 1 aromatic carbocycles. The van der Waals surface area contributed by atoms with E-state index >= 15 is 0 Å². The summed E-state index contributed by atoms with van der Waals surface area (Å²) in [6.45, 7) is 0. The van der Waals surface area contributed by atoms with Crippen LogP contribution in [0.3, 0.4) is 0 Å². The lowest BCUT2D eigenvalue weighted by Crippen LogP contribution is -1.99. The van der Waals surface area contributed by atoms with E-state index in [0.29, 0.717) is 11.5 Å². The van der Waals surface area contributed by atoms with Gasteiger partial charge in [-0.3, -0.25) is 0 Å². The number of nitrogens with zero attached hydrogens (tertiary/aromatic N) is 1. The summed E-state index contributed by atoms with van der Waals surface area (Å²) in [7, 11) is 1.72. The third kappa shape index (κ3) is 2.50. The van der Waals surface area contributed by atoms with Gasteiger partial charge >= 0.3 is 0 Å². The zero-order valence-electron chi connectivity index (χ0n) is 9.17. The van der Waals surface area contributed by atoms with Gasteiger partial charge < -0.3 is 10.6 Å². The van der Waals surface area contributed by atoms with Crippen molar-refractivity contribution in [2.45, 2.75) is 0 Å². The van der Waals surface area contributed by atoms with Crippen molar-refractivity contribution in [3.63, 3.8) is 0 Å². The first kappa shape index (κ1) is 11.3. The highest BCUT2D eigenvalue weighted by Crippen LogP contribution is 2.23. The highest BCUT2D eigenvalue weighted by atomic mass is 19.1. The first-order valence-corrected chi connectivity index (χ1v) is 5.05. The Balaban J connectivity index is 2.31. The lowest BCUT2D eigenvalue weighted by atomic mass is 10.2. The van der Waals surface area contributed by atoms with E-state index in [1.807, 2.05) is 0 Å². The fraction of sp³-hybridized carbons (Fsp3) is 0.0833. The second-order valence-electron chi connectivity index (χ2n) is 3.40. The molecule has 88 valence electrons. The van der Waals surface area contributed by atoms with Crippen molar-refractivity contribution in [3.05, 3.63) is 48.2 Å². The topological polar surface area (TPSA) is 37.0 Å². The van der Waals surface area contributed by atoms with Crippen LogP contribution in [0.1, 0.15) is 0 Å². The molecule has 2 N–H and O–H groups in total. The van der Waals surface area contributed by atoms with E-state index in [0.717, 1.165) is 0 Å². The minimum absolute atomic E-state index is 0.166. The van der Waals surface area contributed by atoms with E-state index in [2.05, 4.69) is 15.6 Å². The van der Waals surface area contributed by atoms with Crippen molar-refractivity contribution in [1.82, 2.24) is 4.98 Å². The standard InChI is InChI=1S/C12H11F2N3/c1-15-11-7-8(5-6-16-11)17-12-9(13)3-2-4-10(12)14/h2-7H,1H3,(H2,15,16,17). The van der Waals surface area contributed by atoms with Gasteiger partial charge in [-0.1, -0.05) is 6.07 Å². The molecule has 0 atom stereocenters. The summed E-state index contributed by atoms with van der Waals surface area (Å²) in [5.74, 6) is -0.646. The Morgan fingerprint density at radius 3 is 2.47 bits per heavy atom. The third-order valence-electron chi connectivity index (χ3n) is 2.25. The second-order valence-corrected chi connectivity index (χ2v) is 3.40. The number of rotatable bonds is 3. The van der Waals surface area contributed by atoms with Crippen LogP contribution < -0.4 is 10.6 Å². The fourth-order valence-electron chi connectivity index (χ4n) is 1.41. The minimum Gasteiger partial charge on any atom is -0.373 e. The van der Waals surface area contributed by atoms with Crippen LogP contribution in [0, 0.1) is 11.6 Å². The van der Waals surface area contributed by atoms with Gasteiger partial charge in [0, 0.05) is 25.0 Å². The van der Waals surface area contributed by atoms with Crippen LogP contribution in [0.4, 0.5) is 26.0 Å². The molecule has 2 rings (SSSR count). The maximum atomic E-state index is 13.4. The van der Waals surface area contributed by atoms with Crippen molar-refractivity contribution >= 4 is 17.2 Å². The van der Waals surface area contributed by atoms with E-state index in [9.17, 15) is 8.78 Å². The quantitative estimate of drug-likeness (QED) is 0.858. The minimum atomic E-state index is -0.632. The molecule has 0 saturated heterocycles. The van der Waals surface area contributed by atoms with Crippen LogP contribution in [0.2, 0.25) is 0 Å². The van der Waals surface area contributed by atoms with Gasteiger partial charge in [-0.15, -0.1) is 0 Å². The molecule has 0 aliphatic heterocycles. The summed E-state index contributed by atoms with van der Waals surface area (Å²) in [5, 5.41) is 5.53. The molecular weight excluding hydrogens is 224 g/mol. The molecule has 0 saturated carbocycles. The highest BCUT2D eigenvalue weighted by Gasteiger charge is 2.08. The fourth-order valence-corrected chi connectivity index (χ4v) is 1.41. The molecule has 0 spiro atoms. The van der Waals surface area contributed by atoms with Crippen LogP contribution in [0.25, 0.3) is 0 Å². The summed E-state index contributed by atoms with van der Waals surface area (Å²) in [5.41, 5.74) is 0.397. The van der Waals surface area contributed by atoms with Gasteiger partial charge in [-0.05, 0) is 18.2 Å². The molecule has 17 heavy (non-hydrogen) atoms. The normalized spacial score (nSPS) is 10.1. The number of hydrogen-bond acceptors (Lipinski definition) is 3. The number of anilines is 3. The summed E-state index contributed by atoms with van der Waals surface area (Å²) in [6.07, 6.45) is 1.55. The molecule has 0 amide bonds. The number of nitrogens with one attached hydrogen (secondary N) is 2. The molecule has 3 nitrogen and oxygen atoms in total. The average molecular weight is 235 g/mol. The van der Waals surface area contributed by atoms with Crippen molar-refractivity contribution in [3.8, 4) is 0 Å². The van der Waals surface area contributed by atoms with E-state index in [4.69, 9.17) is 0 Å². The summed E-state index contributed by atoms with van der Waals surface area (Å²) < 4.78 is 26.8. The predicted octanol–water partition coefficient (Wildman–Crippen LogP) is 3.15. The molecule has 0 aliphatic rings. The van der Waals surface area contributed by atoms with Gasteiger partial charge in [0.05, 0.1) is 0 Å². The Hall–Kier alpha value is -2.17. The molecule has 0 fully saturated rings. The zero-order chi connectivity index (χ0) is 12.3. The Morgan fingerprint density at radius 2 is 1.82 bits per heavy atom. The number of benzene rings is 1. The van der Waals surface area contributed by atoms with Gasteiger partial charge in [0.15, 0.2) is 0 Å². The summed E-state index contributed by atoms with van der Waals surface area (Å²) >= 11 is 0. The van der Waals surface area contributed by atoms with Gasteiger partial charge in [0.1, 0.15) is 23.1 Å². The van der Waals surface area contributed by atoms with Crippen LogP contribution in [-0.2, 0) is 0 Å². The maximum Gasteiger partial charge on any atom is 0.149 e. The largest absolute Gasteiger partial charge is 0.373 e. The number of para-hydroxylation sites is 1. The van der Waals surface area contributed by atoms with Crippen LogP contribution >= 0.6 is 0 Å². The van der Waals surface area contributed by atoms with E-state index in [-0.39, 0.29) is 5.69 Å². The van der Waals surface area contributed by atoms with E-state index in [1.165, 1.54) is 18.2 Å². The first-order chi connectivity index (χ1) is 8.20. The summed E-state index contributed by atoms with van der Waals surface area (Å²) in [4.78, 5) is 4.01. The van der Waals surface area contributed by atoms with Crippen LogP contribution in [0.15, 0.2) is 36.5 Å². The molecule has 5 heteroatoms. The molecule has 1 aromatic heterocycles. The molecule has 0 unspecified atom stereocenters. The predicted molar refractivity (Wildman–Crippen MR) is 63.4 cm³/mol. The number of aromatic nitrogens is 1. The van der Waals surface area contributed by atoms with Gasteiger partial charge in [0.2, 0.25) is 0 Å². The third-order valence-corrected chi connectivity index (χ3v) is 2.25. The van der Waals surface area contributed by atoms with Crippen molar-refractivity contribution < 1.29 is 8.78 Å². The molecule has 2 aromatic rings. The highest BCUT2D eigenvalue weighted by molar-refractivity contribution is 5.63. The Bertz CT molecular complexity index is 509. The molecule has 0 bridgehead atoms. The van der Waals surface area contributed by atoms with Crippen molar-refractivity contribution in [1.29, 1.82) is 0 Å². The van der Waals surface area contributed by atoms with E-state index < -0.39 is 11.6 Å². The van der Waals surface area contributed by atoms with Crippen molar-refractivity contribution in [2.24, 2.45) is 0 Å². The molecule has 0 aliphatic carbocycles. The van der Waals surface area contributed by atoms with Gasteiger partial charge in [-0.2, -0.15) is 0 Å². The zero-order valence-corrected chi connectivity index (χ0v) is 9.17. The second kappa shape index (κ2) is 4.78. The molecule has 1 heterocycles. The lowest BCUT2D eigenvalue weighted by Gasteiger charge is -2.09. The SMILES string of the molecule is CNc1cc(Nc2c(F)cccc2F)ccn1. The first-order valence-electron chi connectivity index (χ1n) is 5.05. The Labute approximate surface area is 97.5 Å². The Kier molecular flexibility index (Phi) is 3.18. The monoisotopic (exact) mass is 235 g/mol. The van der Waals surface area contributed by atoms with Gasteiger partial charge in [0.25, 0.3) is 0 Å². The van der Waals surface area contributed by atoms with Crippen LogP contribution in [0.5, 0.6) is 0 Å². The average Bonchev–Trinajstić information content (AvgIpc) is 2.34. The van der Waals surface area contributed by atoms with Gasteiger partial charge in [-0.25, -0.2) is 13.8 Å². The maximum absolute atomic E-state index is 13.4. The summed E-state index contributed by atoms with van der Waals surface area (Å²) in [6, 6.07) is 7.01. The number of pyridine rings is 1. The molecule has 0 radical (unpaired) electrons. The number of hydrogen-bond donors (Lipinski definition) is 2. The Morgan fingerprint density at radius 1 is 1.12 bits per heavy atom.